The highest BCUT2D eigenvalue weighted by Gasteiger charge is 2.62. The van der Waals surface area contributed by atoms with Crippen molar-refractivity contribution in [3.63, 3.8) is 0 Å². The van der Waals surface area contributed by atoms with Crippen molar-refractivity contribution in [2.24, 2.45) is 18.9 Å². The average Bonchev–Trinajstić information content (AvgIpc) is 3.20. The summed E-state index contributed by atoms with van der Waals surface area (Å²) in [6.45, 7) is 3.13. The standard InChI is InChI=1S/C27H28N4O8/c1-13-18-19-17(31-26(37)29(3)25(36)30(13)31)12-15(23(34)38-4)11-16(24(35)39-5)20(19)27(2,21(18)32)28-22(33)14-9-7-6-8-10-14/h6-11,13,16-17,20H,12H2,1-5H3,(H,28,33)/t13?,16?,17?,20?,27-/m0/s1. The summed E-state index contributed by atoms with van der Waals surface area (Å²) in [5.74, 6) is -4.71. The van der Waals surface area contributed by atoms with Crippen LogP contribution in [0.4, 0.5) is 0 Å². The third-order valence-corrected chi connectivity index (χ3v) is 8.10. The molecule has 0 saturated carbocycles. The molecule has 12 heteroatoms. The second-order valence-corrected chi connectivity index (χ2v) is 10.1. The number of ketones is 1. The van der Waals surface area contributed by atoms with Crippen LogP contribution in [0.2, 0.25) is 0 Å². The Morgan fingerprint density at radius 1 is 1.00 bits per heavy atom. The fourth-order valence-electron chi connectivity index (χ4n) is 6.30. The van der Waals surface area contributed by atoms with Gasteiger partial charge in [0.25, 0.3) is 5.91 Å². The molecular formula is C27H28N4O8. The Balaban J connectivity index is 1.79. The molecule has 1 aromatic carbocycles. The van der Waals surface area contributed by atoms with Gasteiger partial charge in [-0.05, 0) is 31.6 Å². The first-order valence-electron chi connectivity index (χ1n) is 12.4. The van der Waals surface area contributed by atoms with E-state index in [0.29, 0.717) is 11.1 Å². The molecule has 4 unspecified atom stereocenters. The van der Waals surface area contributed by atoms with Gasteiger partial charge in [-0.3, -0.25) is 14.4 Å². The van der Waals surface area contributed by atoms with Crippen molar-refractivity contribution < 1.29 is 28.7 Å². The Labute approximate surface area is 222 Å². The number of fused-ring (bicyclic) bond motifs is 2. The van der Waals surface area contributed by atoms with Crippen molar-refractivity contribution in [1.29, 1.82) is 0 Å². The molecule has 0 saturated heterocycles. The van der Waals surface area contributed by atoms with E-state index < -0.39 is 64.5 Å². The van der Waals surface area contributed by atoms with E-state index >= 15 is 0 Å². The minimum atomic E-state index is -1.68. The molecule has 1 aromatic heterocycles. The molecular weight excluding hydrogens is 508 g/mol. The van der Waals surface area contributed by atoms with Gasteiger partial charge < -0.3 is 14.8 Å². The molecule has 1 N–H and O–H groups in total. The van der Waals surface area contributed by atoms with Gasteiger partial charge >= 0.3 is 23.3 Å². The minimum absolute atomic E-state index is 0.0765. The van der Waals surface area contributed by atoms with E-state index in [-0.39, 0.29) is 17.6 Å². The van der Waals surface area contributed by atoms with Gasteiger partial charge in [-0.25, -0.2) is 28.3 Å². The summed E-state index contributed by atoms with van der Waals surface area (Å²) in [7, 11) is 3.70. The number of hydrogen-bond donors (Lipinski definition) is 1. The van der Waals surface area contributed by atoms with Crippen LogP contribution in [0.5, 0.6) is 0 Å². The number of nitrogens with zero attached hydrogens (tertiary/aromatic N) is 3. The fourth-order valence-corrected chi connectivity index (χ4v) is 6.30. The number of Topliss-reactive ketones (excluding diaryl/α,β-unsaturated/α-hetero) is 1. The maximum Gasteiger partial charge on any atom is 0.347 e. The highest BCUT2D eigenvalue weighted by Crippen LogP contribution is 2.54. The smallest absolute Gasteiger partial charge is 0.347 e. The first-order valence-corrected chi connectivity index (χ1v) is 12.4. The molecule has 1 amide bonds. The zero-order valence-electron chi connectivity index (χ0n) is 22.1. The number of rotatable bonds is 4. The third-order valence-electron chi connectivity index (χ3n) is 8.10. The topological polar surface area (TPSA) is 148 Å². The van der Waals surface area contributed by atoms with E-state index in [1.54, 1.807) is 37.3 Å². The summed E-state index contributed by atoms with van der Waals surface area (Å²) in [6, 6.07) is 6.43. The molecule has 0 spiro atoms. The van der Waals surface area contributed by atoms with E-state index in [0.717, 1.165) is 4.57 Å². The van der Waals surface area contributed by atoms with Crippen LogP contribution < -0.4 is 16.7 Å². The summed E-state index contributed by atoms with van der Waals surface area (Å²) in [4.78, 5) is 80.2. The molecule has 204 valence electrons. The Bertz CT molecular complexity index is 1610. The molecule has 5 atom stereocenters. The summed E-state index contributed by atoms with van der Waals surface area (Å²) in [5.41, 5.74) is -1.97. The predicted molar refractivity (Wildman–Crippen MR) is 136 cm³/mol. The number of methoxy groups -OCH3 is 2. The lowest BCUT2D eigenvalue weighted by Crippen LogP contribution is -2.57. The van der Waals surface area contributed by atoms with Gasteiger partial charge in [-0.1, -0.05) is 24.3 Å². The van der Waals surface area contributed by atoms with Gasteiger partial charge in [-0.15, -0.1) is 0 Å². The number of carbonyl (C=O) groups is 4. The van der Waals surface area contributed by atoms with Crippen LogP contribution in [0.15, 0.2) is 62.7 Å². The van der Waals surface area contributed by atoms with Crippen molar-refractivity contribution in [2.75, 3.05) is 14.2 Å². The van der Waals surface area contributed by atoms with Crippen LogP contribution in [-0.4, -0.2) is 57.3 Å². The maximum absolute atomic E-state index is 14.3. The van der Waals surface area contributed by atoms with E-state index in [9.17, 15) is 28.8 Å². The van der Waals surface area contributed by atoms with Gasteiger partial charge in [0.15, 0.2) is 5.78 Å². The maximum atomic E-state index is 14.3. The molecule has 12 nitrogen and oxygen atoms in total. The Kier molecular flexibility index (Phi) is 6.08. The van der Waals surface area contributed by atoms with Crippen LogP contribution in [-0.2, 0) is 30.9 Å². The second-order valence-electron chi connectivity index (χ2n) is 10.1. The van der Waals surface area contributed by atoms with Crippen LogP contribution in [0.3, 0.4) is 0 Å². The zero-order valence-corrected chi connectivity index (χ0v) is 22.1. The second kappa shape index (κ2) is 9.07. The van der Waals surface area contributed by atoms with Gasteiger partial charge in [0.2, 0.25) is 0 Å². The van der Waals surface area contributed by atoms with Gasteiger partial charge in [0.1, 0.15) is 5.54 Å². The first-order chi connectivity index (χ1) is 18.5. The lowest BCUT2D eigenvalue weighted by molar-refractivity contribution is -0.146. The molecule has 2 aromatic rings. The summed E-state index contributed by atoms with van der Waals surface area (Å²) < 4.78 is 13.4. The lowest BCUT2D eigenvalue weighted by Gasteiger charge is -2.37. The number of carbonyl (C=O) groups excluding carboxylic acids is 4. The van der Waals surface area contributed by atoms with Crippen LogP contribution in [0.25, 0.3) is 0 Å². The quantitative estimate of drug-likeness (QED) is 0.554. The summed E-state index contributed by atoms with van der Waals surface area (Å²) in [5, 5.41) is 2.84. The SMILES string of the molecule is COC(=O)C1=CC(C(=O)OC)C2C3=C(C(=O)[C@@]2(C)NC(=O)c2ccccc2)C(C)n2c(=O)n(C)c(=O)n2C3C1. The van der Waals surface area contributed by atoms with Gasteiger partial charge in [0.05, 0.1) is 32.2 Å². The number of amides is 1. The fraction of sp³-hybridized carbons (Fsp3) is 0.407. The van der Waals surface area contributed by atoms with E-state index in [1.807, 2.05) is 0 Å². The van der Waals surface area contributed by atoms with Crippen molar-refractivity contribution >= 4 is 23.6 Å². The third kappa shape index (κ3) is 3.57. The number of hydrogen-bond acceptors (Lipinski definition) is 8. The van der Waals surface area contributed by atoms with Crippen LogP contribution in [0.1, 0.15) is 42.7 Å². The number of aromatic nitrogens is 3. The summed E-state index contributed by atoms with van der Waals surface area (Å²) in [6.07, 6.45) is 1.26. The average molecular weight is 537 g/mol. The number of esters is 2. The predicted octanol–water partition coefficient (Wildman–Crippen LogP) is 0.441. The normalized spacial score (nSPS) is 27.2. The van der Waals surface area contributed by atoms with Crippen LogP contribution in [0, 0.1) is 11.8 Å². The molecule has 0 fully saturated rings. The molecule has 5 rings (SSSR count). The van der Waals surface area contributed by atoms with Crippen LogP contribution >= 0.6 is 0 Å². The molecule has 39 heavy (non-hydrogen) atoms. The molecule has 3 aliphatic rings. The first kappa shape index (κ1) is 26.1. The van der Waals surface area contributed by atoms with E-state index in [1.165, 1.54) is 43.6 Å². The highest BCUT2D eigenvalue weighted by molar-refractivity contribution is 6.11. The lowest BCUT2D eigenvalue weighted by atomic mass is 9.74. The van der Waals surface area contributed by atoms with Crippen molar-refractivity contribution in [3.8, 4) is 0 Å². The molecule has 0 bridgehead atoms. The number of ether oxygens (including phenoxy) is 2. The Morgan fingerprint density at radius 3 is 2.26 bits per heavy atom. The van der Waals surface area contributed by atoms with Crippen molar-refractivity contribution in [3.05, 3.63) is 79.7 Å². The van der Waals surface area contributed by atoms with E-state index in [2.05, 4.69) is 5.32 Å². The summed E-state index contributed by atoms with van der Waals surface area (Å²) >= 11 is 0. The monoisotopic (exact) mass is 536 g/mol. The minimum Gasteiger partial charge on any atom is -0.469 e. The molecule has 0 radical (unpaired) electrons. The molecule has 2 heterocycles. The highest BCUT2D eigenvalue weighted by atomic mass is 16.5. The zero-order chi connectivity index (χ0) is 28.4. The molecule has 1 aliphatic heterocycles. The Hall–Kier alpha value is -4.48. The van der Waals surface area contributed by atoms with Crippen molar-refractivity contribution in [1.82, 2.24) is 19.2 Å². The number of benzene rings is 1. The van der Waals surface area contributed by atoms with Gasteiger partial charge in [0, 0.05) is 36.1 Å². The van der Waals surface area contributed by atoms with E-state index in [4.69, 9.17) is 9.47 Å². The van der Waals surface area contributed by atoms with Crippen molar-refractivity contribution in [2.45, 2.75) is 37.9 Å². The molecule has 2 aliphatic carbocycles. The Morgan fingerprint density at radius 2 is 1.64 bits per heavy atom. The largest absolute Gasteiger partial charge is 0.469 e. The number of nitrogens with one attached hydrogen (secondary N) is 1. The van der Waals surface area contributed by atoms with Gasteiger partial charge in [-0.2, -0.15) is 0 Å².